The molecule has 0 aromatic carbocycles. The second kappa shape index (κ2) is 3.81. The van der Waals surface area contributed by atoms with Crippen LogP contribution in [0.2, 0.25) is 0 Å². The molecule has 4 nitrogen and oxygen atoms in total. The summed E-state index contributed by atoms with van der Waals surface area (Å²) in [7, 11) is 0. The van der Waals surface area contributed by atoms with Gasteiger partial charge in [0.1, 0.15) is 12.0 Å². The normalized spacial score (nSPS) is 11.1. The van der Waals surface area contributed by atoms with Crippen LogP contribution in [0.25, 0.3) is 11.0 Å². The van der Waals surface area contributed by atoms with E-state index in [0.717, 1.165) is 5.39 Å². The average Bonchev–Trinajstić information content (AvgIpc) is 2.22. The fraction of sp³-hybridized carbons (Fsp3) is 0.364. The summed E-state index contributed by atoms with van der Waals surface area (Å²) in [5.41, 5.74) is 0.709. The molecule has 0 aliphatic carbocycles. The third-order valence-corrected chi connectivity index (χ3v) is 2.19. The van der Waals surface area contributed by atoms with Gasteiger partial charge in [-0.25, -0.2) is 9.97 Å². The molecule has 0 bridgehead atoms. The first-order valence-electron chi connectivity index (χ1n) is 4.98. The van der Waals surface area contributed by atoms with Crippen molar-refractivity contribution in [2.24, 2.45) is 5.92 Å². The van der Waals surface area contributed by atoms with E-state index in [1.165, 1.54) is 6.33 Å². The molecule has 0 aliphatic rings. The SMILES string of the molecule is CC(C)Cn1c(=O)ccc2cncnc21. The lowest BCUT2D eigenvalue weighted by Crippen LogP contribution is -2.22. The first-order valence-corrected chi connectivity index (χ1v) is 4.98. The van der Waals surface area contributed by atoms with Gasteiger partial charge < -0.3 is 0 Å². The molecule has 0 spiro atoms. The van der Waals surface area contributed by atoms with Crippen LogP contribution in [0, 0.1) is 5.92 Å². The van der Waals surface area contributed by atoms with Crippen molar-refractivity contribution in [2.45, 2.75) is 20.4 Å². The summed E-state index contributed by atoms with van der Waals surface area (Å²) in [6.45, 7) is 4.84. The van der Waals surface area contributed by atoms with E-state index >= 15 is 0 Å². The minimum absolute atomic E-state index is 0.00472. The van der Waals surface area contributed by atoms with E-state index < -0.39 is 0 Å². The Labute approximate surface area is 87.6 Å². The maximum atomic E-state index is 11.7. The summed E-state index contributed by atoms with van der Waals surface area (Å²) in [6, 6.07) is 3.32. The lowest BCUT2D eigenvalue weighted by Gasteiger charge is -2.10. The highest BCUT2D eigenvalue weighted by Gasteiger charge is 2.05. The fourth-order valence-corrected chi connectivity index (χ4v) is 1.57. The third kappa shape index (κ3) is 1.88. The van der Waals surface area contributed by atoms with E-state index in [0.29, 0.717) is 18.1 Å². The van der Waals surface area contributed by atoms with E-state index in [2.05, 4.69) is 23.8 Å². The number of hydrogen-bond acceptors (Lipinski definition) is 3. The van der Waals surface area contributed by atoms with Gasteiger partial charge in [0, 0.05) is 24.2 Å². The van der Waals surface area contributed by atoms with Gasteiger partial charge in [0.2, 0.25) is 0 Å². The van der Waals surface area contributed by atoms with Gasteiger partial charge in [-0.2, -0.15) is 0 Å². The number of fused-ring (bicyclic) bond motifs is 1. The Kier molecular flexibility index (Phi) is 2.49. The van der Waals surface area contributed by atoms with Crippen molar-refractivity contribution in [3.63, 3.8) is 0 Å². The molecule has 0 saturated heterocycles. The molecule has 0 radical (unpaired) electrons. The molecule has 0 N–H and O–H groups in total. The van der Waals surface area contributed by atoms with Crippen molar-refractivity contribution < 1.29 is 0 Å². The molecule has 15 heavy (non-hydrogen) atoms. The molecule has 0 amide bonds. The van der Waals surface area contributed by atoms with Gasteiger partial charge in [-0.05, 0) is 12.0 Å². The predicted molar refractivity (Wildman–Crippen MR) is 58.6 cm³/mol. The molecule has 0 saturated carbocycles. The summed E-state index contributed by atoms with van der Waals surface area (Å²) in [6.07, 6.45) is 3.19. The Morgan fingerprint density at radius 3 is 2.93 bits per heavy atom. The lowest BCUT2D eigenvalue weighted by molar-refractivity contribution is 0.521. The molecular weight excluding hydrogens is 190 g/mol. The number of rotatable bonds is 2. The van der Waals surface area contributed by atoms with Crippen LogP contribution in [0.4, 0.5) is 0 Å². The van der Waals surface area contributed by atoms with E-state index in [-0.39, 0.29) is 5.56 Å². The van der Waals surface area contributed by atoms with Crippen molar-refractivity contribution >= 4 is 11.0 Å². The van der Waals surface area contributed by atoms with Gasteiger partial charge in [0.15, 0.2) is 0 Å². The second-order valence-electron chi connectivity index (χ2n) is 3.98. The van der Waals surface area contributed by atoms with Gasteiger partial charge in [-0.1, -0.05) is 13.8 Å². The third-order valence-electron chi connectivity index (χ3n) is 2.19. The molecular formula is C11H13N3O. The van der Waals surface area contributed by atoms with Crippen molar-refractivity contribution in [3.05, 3.63) is 35.0 Å². The van der Waals surface area contributed by atoms with Gasteiger partial charge in [0.25, 0.3) is 5.56 Å². The molecule has 2 aromatic heterocycles. The zero-order valence-corrected chi connectivity index (χ0v) is 8.84. The molecule has 4 heteroatoms. The zero-order chi connectivity index (χ0) is 10.8. The largest absolute Gasteiger partial charge is 0.292 e. The van der Waals surface area contributed by atoms with Crippen molar-refractivity contribution in [3.8, 4) is 0 Å². The first-order chi connectivity index (χ1) is 7.18. The zero-order valence-electron chi connectivity index (χ0n) is 8.84. The van der Waals surface area contributed by atoms with Crippen LogP contribution in [-0.2, 0) is 6.54 Å². The van der Waals surface area contributed by atoms with Gasteiger partial charge >= 0.3 is 0 Å². The van der Waals surface area contributed by atoms with Gasteiger partial charge in [-0.3, -0.25) is 9.36 Å². The molecule has 2 rings (SSSR count). The molecule has 0 atom stereocenters. The van der Waals surface area contributed by atoms with E-state index in [1.807, 2.05) is 0 Å². The van der Waals surface area contributed by atoms with Crippen LogP contribution < -0.4 is 5.56 Å². The highest BCUT2D eigenvalue weighted by molar-refractivity contribution is 5.73. The number of hydrogen-bond donors (Lipinski definition) is 0. The Balaban J connectivity index is 2.68. The maximum Gasteiger partial charge on any atom is 0.252 e. The minimum Gasteiger partial charge on any atom is -0.292 e. The summed E-state index contributed by atoms with van der Waals surface area (Å²) in [5.74, 6) is 0.420. The van der Waals surface area contributed by atoms with E-state index in [9.17, 15) is 4.79 Å². The van der Waals surface area contributed by atoms with Crippen LogP contribution in [-0.4, -0.2) is 14.5 Å². The predicted octanol–water partition coefficient (Wildman–Crippen LogP) is 1.45. The van der Waals surface area contributed by atoms with E-state index in [4.69, 9.17) is 0 Å². The Hall–Kier alpha value is -1.71. The quantitative estimate of drug-likeness (QED) is 0.742. The fourth-order valence-electron chi connectivity index (χ4n) is 1.57. The van der Waals surface area contributed by atoms with Crippen LogP contribution in [0.1, 0.15) is 13.8 Å². The van der Waals surface area contributed by atoms with Crippen LogP contribution in [0.3, 0.4) is 0 Å². The molecule has 0 fully saturated rings. The average molecular weight is 203 g/mol. The van der Waals surface area contributed by atoms with Crippen molar-refractivity contribution in [2.75, 3.05) is 0 Å². The summed E-state index contributed by atoms with van der Waals surface area (Å²) < 4.78 is 1.70. The van der Waals surface area contributed by atoms with Crippen molar-refractivity contribution in [1.82, 2.24) is 14.5 Å². The highest BCUT2D eigenvalue weighted by atomic mass is 16.1. The Morgan fingerprint density at radius 2 is 2.20 bits per heavy atom. The molecule has 2 aromatic rings. The second-order valence-corrected chi connectivity index (χ2v) is 3.98. The first kappa shape index (κ1) is 9.83. The van der Waals surface area contributed by atoms with Crippen LogP contribution in [0.5, 0.6) is 0 Å². The summed E-state index contributed by atoms with van der Waals surface area (Å²) in [5, 5.41) is 0.901. The highest BCUT2D eigenvalue weighted by Crippen LogP contribution is 2.08. The molecule has 2 heterocycles. The Bertz CT molecular complexity index is 531. The van der Waals surface area contributed by atoms with E-state index in [1.54, 1.807) is 22.9 Å². The maximum absolute atomic E-state index is 11.7. The van der Waals surface area contributed by atoms with Gasteiger partial charge in [-0.15, -0.1) is 0 Å². The van der Waals surface area contributed by atoms with Crippen LogP contribution in [0.15, 0.2) is 29.5 Å². The summed E-state index contributed by atoms with van der Waals surface area (Å²) in [4.78, 5) is 19.8. The number of aromatic nitrogens is 3. The Morgan fingerprint density at radius 1 is 1.40 bits per heavy atom. The lowest BCUT2D eigenvalue weighted by atomic mass is 10.2. The van der Waals surface area contributed by atoms with Crippen LogP contribution >= 0.6 is 0 Å². The smallest absolute Gasteiger partial charge is 0.252 e. The molecule has 0 unspecified atom stereocenters. The van der Waals surface area contributed by atoms with Gasteiger partial charge in [0.05, 0.1) is 0 Å². The minimum atomic E-state index is -0.00472. The topological polar surface area (TPSA) is 47.8 Å². The number of nitrogens with zero attached hydrogens (tertiary/aromatic N) is 3. The molecule has 0 aliphatic heterocycles. The summed E-state index contributed by atoms with van der Waals surface area (Å²) >= 11 is 0. The standard InChI is InChI=1S/C11H13N3O/c1-8(2)6-14-10(15)4-3-9-5-12-7-13-11(9)14/h3-5,7-8H,6H2,1-2H3. The number of pyridine rings is 1. The monoisotopic (exact) mass is 203 g/mol. The van der Waals surface area contributed by atoms with Crippen molar-refractivity contribution in [1.29, 1.82) is 0 Å². The molecule has 78 valence electrons.